The van der Waals surface area contributed by atoms with Crippen LogP contribution in [0.2, 0.25) is 0 Å². The van der Waals surface area contributed by atoms with Gasteiger partial charge in [-0.25, -0.2) is 4.98 Å². The fourth-order valence-corrected chi connectivity index (χ4v) is 4.91. The largest absolute Gasteiger partial charge is 0.491 e. The summed E-state index contributed by atoms with van der Waals surface area (Å²) in [6.45, 7) is 8.45. The molecule has 176 valence electrons. The number of rotatable bonds is 9. The van der Waals surface area contributed by atoms with Gasteiger partial charge in [0.25, 0.3) is 0 Å². The van der Waals surface area contributed by atoms with Gasteiger partial charge < -0.3 is 15.2 Å². The third-order valence-electron chi connectivity index (χ3n) is 5.89. The summed E-state index contributed by atoms with van der Waals surface area (Å²) in [5.41, 5.74) is 2.04. The van der Waals surface area contributed by atoms with E-state index < -0.39 is 6.10 Å². The van der Waals surface area contributed by atoms with Crippen molar-refractivity contribution in [3.8, 4) is 5.75 Å². The highest BCUT2D eigenvalue weighted by atomic mass is 32.1. The Morgan fingerprint density at radius 1 is 1.15 bits per heavy atom. The summed E-state index contributed by atoms with van der Waals surface area (Å²) in [6.07, 6.45) is -0.570. The zero-order valence-corrected chi connectivity index (χ0v) is 20.1. The Morgan fingerprint density at radius 2 is 1.88 bits per heavy atom. The van der Waals surface area contributed by atoms with E-state index in [-0.39, 0.29) is 18.6 Å². The number of carbonyl (C=O) groups excluding carboxylic acids is 1. The Kier molecular flexibility index (Phi) is 7.93. The maximum absolute atomic E-state index is 12.4. The van der Waals surface area contributed by atoms with Gasteiger partial charge in [-0.1, -0.05) is 30.3 Å². The summed E-state index contributed by atoms with van der Waals surface area (Å²) in [5, 5.41) is 14.5. The molecule has 33 heavy (non-hydrogen) atoms. The van der Waals surface area contributed by atoms with Crippen LogP contribution < -0.4 is 10.1 Å². The van der Waals surface area contributed by atoms with Crippen molar-refractivity contribution in [3.05, 3.63) is 59.1 Å². The number of hydrogen-bond acceptors (Lipinski definition) is 7. The number of nitrogens with zero attached hydrogens (tertiary/aromatic N) is 3. The van der Waals surface area contributed by atoms with Gasteiger partial charge in [0.05, 0.1) is 27.8 Å². The number of amides is 1. The lowest BCUT2D eigenvalue weighted by Gasteiger charge is -2.35. The molecular weight excluding hydrogens is 436 g/mol. The molecule has 2 aromatic carbocycles. The molecule has 7 nitrogen and oxygen atoms in total. The van der Waals surface area contributed by atoms with Gasteiger partial charge in [-0.05, 0) is 31.5 Å². The van der Waals surface area contributed by atoms with Crippen LogP contribution in [0, 0.1) is 6.92 Å². The molecule has 1 saturated heterocycles. The summed E-state index contributed by atoms with van der Waals surface area (Å²) in [6, 6.07) is 15.8. The Labute approximate surface area is 199 Å². The number of aliphatic hydroxyl groups excluding tert-OH is 1. The first kappa shape index (κ1) is 23.6. The highest BCUT2D eigenvalue weighted by molar-refractivity contribution is 7.18. The first-order valence-electron chi connectivity index (χ1n) is 11.4. The summed E-state index contributed by atoms with van der Waals surface area (Å²) in [7, 11) is 0. The van der Waals surface area contributed by atoms with Crippen LogP contribution in [0.3, 0.4) is 0 Å². The molecule has 1 aromatic heterocycles. The minimum atomic E-state index is -0.570. The zero-order valence-electron chi connectivity index (χ0n) is 19.2. The van der Waals surface area contributed by atoms with E-state index in [1.54, 1.807) is 11.3 Å². The molecule has 3 aromatic rings. The van der Waals surface area contributed by atoms with Crippen LogP contribution >= 0.6 is 11.3 Å². The number of aromatic nitrogens is 1. The molecule has 1 amide bonds. The molecule has 2 atom stereocenters. The lowest BCUT2D eigenvalue weighted by molar-refractivity contribution is -0.123. The molecule has 1 aliphatic heterocycles. The van der Waals surface area contributed by atoms with E-state index in [0.717, 1.165) is 52.7 Å². The molecule has 0 aliphatic carbocycles. The molecule has 0 bridgehead atoms. The highest BCUT2D eigenvalue weighted by Gasteiger charge is 2.21. The van der Waals surface area contributed by atoms with Crippen molar-refractivity contribution in [2.24, 2.45) is 0 Å². The molecule has 1 fully saturated rings. The van der Waals surface area contributed by atoms with Crippen molar-refractivity contribution in [3.63, 3.8) is 0 Å². The molecule has 0 spiro atoms. The predicted octanol–water partition coefficient (Wildman–Crippen LogP) is 2.84. The molecule has 1 aliphatic rings. The average molecular weight is 469 g/mol. The number of aryl methyl sites for hydroxylation is 1. The summed E-state index contributed by atoms with van der Waals surface area (Å²) < 4.78 is 6.94. The minimum Gasteiger partial charge on any atom is -0.491 e. The van der Waals surface area contributed by atoms with Gasteiger partial charge in [0.15, 0.2) is 0 Å². The van der Waals surface area contributed by atoms with Gasteiger partial charge in [-0.15, -0.1) is 11.3 Å². The standard InChI is InChI=1S/C25H32N4O3S/c1-18(20-6-4-3-5-7-20)26-25(31)16-29-12-10-28(11-13-29)15-21(30)17-32-22-8-9-24-23(14-22)27-19(2)33-24/h3-9,14,18,21,30H,10-13,15-17H2,1-2H3,(H,26,31)/t18-,21+/m0/s1. The number of thiazole rings is 1. The van der Waals surface area contributed by atoms with Gasteiger partial charge in [0.1, 0.15) is 18.5 Å². The predicted molar refractivity (Wildman–Crippen MR) is 132 cm³/mol. The van der Waals surface area contributed by atoms with E-state index in [1.807, 2.05) is 62.4 Å². The molecule has 0 unspecified atom stereocenters. The van der Waals surface area contributed by atoms with Crippen molar-refractivity contribution in [2.45, 2.75) is 26.0 Å². The number of piperazine rings is 1. The second-order valence-corrected chi connectivity index (χ2v) is 9.84. The topological polar surface area (TPSA) is 77.9 Å². The molecule has 0 saturated carbocycles. The van der Waals surface area contributed by atoms with Crippen LogP contribution in [0.4, 0.5) is 0 Å². The molecule has 0 radical (unpaired) electrons. The van der Waals surface area contributed by atoms with Gasteiger partial charge in [-0.3, -0.25) is 14.6 Å². The molecule has 4 rings (SSSR count). The highest BCUT2D eigenvalue weighted by Crippen LogP contribution is 2.25. The quantitative estimate of drug-likeness (QED) is 0.503. The van der Waals surface area contributed by atoms with Crippen molar-refractivity contribution < 1.29 is 14.6 Å². The average Bonchev–Trinajstić information content (AvgIpc) is 3.18. The van der Waals surface area contributed by atoms with Crippen LogP contribution in [0.15, 0.2) is 48.5 Å². The molecule has 2 N–H and O–H groups in total. The van der Waals surface area contributed by atoms with Gasteiger partial charge in [-0.2, -0.15) is 0 Å². The Hall–Kier alpha value is -2.52. The Morgan fingerprint density at radius 3 is 2.64 bits per heavy atom. The Bertz CT molecular complexity index is 1050. The number of β-amino-alcohol motifs (C(OH)–C–C–N with tert-alkyl or cyclic N) is 1. The summed E-state index contributed by atoms with van der Waals surface area (Å²) in [5.74, 6) is 0.771. The van der Waals surface area contributed by atoms with E-state index >= 15 is 0 Å². The lowest BCUT2D eigenvalue weighted by atomic mass is 10.1. The number of fused-ring (bicyclic) bond motifs is 1. The van der Waals surface area contributed by atoms with Gasteiger partial charge >= 0.3 is 0 Å². The molecule has 2 heterocycles. The second kappa shape index (κ2) is 11.1. The van der Waals surface area contributed by atoms with E-state index in [1.165, 1.54) is 0 Å². The van der Waals surface area contributed by atoms with E-state index in [0.29, 0.717) is 13.1 Å². The first-order valence-corrected chi connectivity index (χ1v) is 12.2. The van der Waals surface area contributed by atoms with Crippen molar-refractivity contribution >= 4 is 27.5 Å². The fourth-order valence-electron chi connectivity index (χ4n) is 4.10. The third kappa shape index (κ3) is 6.74. The number of benzene rings is 2. The number of nitrogens with one attached hydrogen (secondary N) is 1. The minimum absolute atomic E-state index is 0.00427. The SMILES string of the molecule is Cc1nc2cc(OC[C@H](O)CN3CCN(CC(=O)N[C@@H](C)c4ccccc4)CC3)ccc2s1. The number of carbonyl (C=O) groups is 1. The number of aliphatic hydroxyl groups is 1. The van der Waals surface area contributed by atoms with E-state index in [2.05, 4.69) is 20.1 Å². The third-order valence-corrected chi connectivity index (χ3v) is 6.84. The van der Waals surface area contributed by atoms with Crippen LogP contribution in [0.25, 0.3) is 10.2 Å². The van der Waals surface area contributed by atoms with Crippen LogP contribution in [-0.4, -0.2) is 77.8 Å². The summed E-state index contributed by atoms with van der Waals surface area (Å²) >= 11 is 1.66. The van der Waals surface area contributed by atoms with Gasteiger partial charge in [0, 0.05) is 38.8 Å². The van der Waals surface area contributed by atoms with E-state index in [9.17, 15) is 9.90 Å². The van der Waals surface area contributed by atoms with Crippen LogP contribution in [0.1, 0.15) is 23.5 Å². The summed E-state index contributed by atoms with van der Waals surface area (Å²) in [4.78, 5) is 21.3. The second-order valence-electron chi connectivity index (χ2n) is 8.60. The fraction of sp³-hybridized carbons (Fsp3) is 0.440. The normalized spacial score (nSPS) is 17.1. The van der Waals surface area contributed by atoms with Crippen LogP contribution in [0.5, 0.6) is 5.75 Å². The maximum atomic E-state index is 12.4. The lowest BCUT2D eigenvalue weighted by Crippen LogP contribution is -2.51. The monoisotopic (exact) mass is 468 g/mol. The van der Waals surface area contributed by atoms with Crippen molar-refractivity contribution in [1.29, 1.82) is 0 Å². The molecule has 8 heteroatoms. The van der Waals surface area contributed by atoms with Crippen molar-refractivity contribution in [2.75, 3.05) is 45.9 Å². The van der Waals surface area contributed by atoms with Crippen molar-refractivity contribution in [1.82, 2.24) is 20.1 Å². The number of hydrogen-bond donors (Lipinski definition) is 2. The maximum Gasteiger partial charge on any atom is 0.234 e. The van der Waals surface area contributed by atoms with Gasteiger partial charge in [0.2, 0.25) is 5.91 Å². The first-order chi connectivity index (χ1) is 16.0. The molecular formula is C25H32N4O3S. The van der Waals surface area contributed by atoms with E-state index in [4.69, 9.17) is 4.74 Å². The van der Waals surface area contributed by atoms with Crippen LogP contribution in [-0.2, 0) is 4.79 Å². The number of ether oxygens (including phenoxy) is 1. The Balaban J connectivity index is 1.15. The zero-order chi connectivity index (χ0) is 23.2. The smallest absolute Gasteiger partial charge is 0.234 e.